The first-order valence-corrected chi connectivity index (χ1v) is 15.7. The predicted octanol–water partition coefficient (Wildman–Crippen LogP) is 5.20. The van der Waals surface area contributed by atoms with Crippen molar-refractivity contribution in [2.75, 3.05) is 28.0 Å². The van der Waals surface area contributed by atoms with Crippen LogP contribution in [0, 0.1) is 6.92 Å². The molecule has 0 unspecified atom stereocenters. The predicted molar refractivity (Wildman–Crippen MR) is 160 cm³/mol. The van der Waals surface area contributed by atoms with E-state index < -0.39 is 32.5 Å². The Morgan fingerprint density at radius 2 is 1.37 bits per heavy atom. The number of anilines is 3. The maximum Gasteiger partial charge on any atom is 0.264 e. The van der Waals surface area contributed by atoms with Crippen molar-refractivity contribution in [1.29, 1.82) is 0 Å². The molecule has 4 rings (SSSR count). The highest BCUT2D eigenvalue weighted by Gasteiger charge is 2.28. The van der Waals surface area contributed by atoms with Crippen LogP contribution in [0.25, 0.3) is 0 Å². The maximum absolute atomic E-state index is 13.7. The SMILES string of the molecule is CCc1ccccc1N(CC(=O)Nc1ccc(S(=O)(=O)Nc2ccc(OC)cc2)cc1)S(=O)(=O)c1ccc(C)cc1. The van der Waals surface area contributed by atoms with Gasteiger partial charge in [-0.25, -0.2) is 16.8 Å². The lowest BCUT2D eigenvalue weighted by molar-refractivity contribution is -0.114. The van der Waals surface area contributed by atoms with Crippen molar-refractivity contribution < 1.29 is 26.4 Å². The number of carbonyl (C=O) groups excluding carboxylic acids is 1. The Morgan fingerprint density at radius 3 is 1.98 bits per heavy atom. The molecule has 0 bridgehead atoms. The summed E-state index contributed by atoms with van der Waals surface area (Å²) in [5.41, 5.74) is 2.78. The third-order valence-electron chi connectivity index (χ3n) is 6.33. The number of methoxy groups -OCH3 is 1. The van der Waals surface area contributed by atoms with Gasteiger partial charge < -0.3 is 10.1 Å². The number of para-hydroxylation sites is 1. The van der Waals surface area contributed by atoms with E-state index in [0.717, 1.165) is 15.4 Å². The van der Waals surface area contributed by atoms with Crippen LogP contribution in [-0.2, 0) is 31.3 Å². The van der Waals surface area contributed by atoms with Gasteiger partial charge in [-0.15, -0.1) is 0 Å². The Labute approximate surface area is 240 Å². The Balaban J connectivity index is 1.54. The molecule has 1 amide bonds. The Bertz CT molecular complexity index is 1720. The number of ether oxygens (including phenoxy) is 1. The second kappa shape index (κ2) is 12.4. The van der Waals surface area contributed by atoms with Gasteiger partial charge in [-0.1, -0.05) is 42.8 Å². The van der Waals surface area contributed by atoms with Crippen molar-refractivity contribution in [2.45, 2.75) is 30.1 Å². The van der Waals surface area contributed by atoms with Gasteiger partial charge in [0, 0.05) is 11.4 Å². The highest BCUT2D eigenvalue weighted by atomic mass is 32.2. The molecule has 4 aromatic rings. The standard InChI is InChI=1S/C30H31N3O6S2/c1-4-23-7-5-6-8-29(23)33(41(37,38)28-17-9-22(2)10-18-28)21-30(34)31-24-13-19-27(20-14-24)40(35,36)32-25-11-15-26(39-3)16-12-25/h5-20,32H,4,21H2,1-3H3,(H,31,34). The molecule has 0 saturated heterocycles. The van der Waals surface area contributed by atoms with Crippen molar-refractivity contribution in [2.24, 2.45) is 0 Å². The van der Waals surface area contributed by atoms with Crippen LogP contribution in [-0.4, -0.2) is 36.4 Å². The van der Waals surface area contributed by atoms with E-state index in [2.05, 4.69) is 10.0 Å². The minimum Gasteiger partial charge on any atom is -0.497 e. The zero-order valence-electron chi connectivity index (χ0n) is 22.9. The van der Waals surface area contributed by atoms with Crippen molar-refractivity contribution in [3.05, 3.63) is 108 Å². The van der Waals surface area contributed by atoms with E-state index in [1.807, 2.05) is 26.0 Å². The van der Waals surface area contributed by atoms with E-state index in [0.29, 0.717) is 29.2 Å². The summed E-state index contributed by atoms with van der Waals surface area (Å²) in [4.78, 5) is 13.2. The molecule has 0 saturated carbocycles. The Hall–Kier alpha value is -4.35. The molecule has 11 heteroatoms. The summed E-state index contributed by atoms with van der Waals surface area (Å²) in [5.74, 6) is 0.00927. The average molecular weight is 594 g/mol. The zero-order chi connectivity index (χ0) is 29.6. The smallest absolute Gasteiger partial charge is 0.264 e. The molecule has 2 N–H and O–H groups in total. The van der Waals surface area contributed by atoms with Gasteiger partial charge in [0.1, 0.15) is 12.3 Å². The molecule has 0 aromatic heterocycles. The van der Waals surface area contributed by atoms with Gasteiger partial charge >= 0.3 is 0 Å². The van der Waals surface area contributed by atoms with Gasteiger partial charge in [-0.2, -0.15) is 0 Å². The van der Waals surface area contributed by atoms with E-state index in [9.17, 15) is 21.6 Å². The first-order chi connectivity index (χ1) is 19.5. The molecule has 0 aliphatic heterocycles. The normalized spacial score (nSPS) is 11.5. The lowest BCUT2D eigenvalue weighted by Gasteiger charge is -2.26. The molecule has 0 aliphatic rings. The number of rotatable bonds is 11. The van der Waals surface area contributed by atoms with Gasteiger partial charge in [0.2, 0.25) is 5.91 Å². The number of benzene rings is 4. The summed E-state index contributed by atoms with van der Waals surface area (Å²) >= 11 is 0. The number of nitrogens with zero attached hydrogens (tertiary/aromatic N) is 1. The second-order valence-electron chi connectivity index (χ2n) is 9.21. The molecule has 0 heterocycles. The fourth-order valence-electron chi connectivity index (χ4n) is 4.11. The summed E-state index contributed by atoms with van der Waals surface area (Å²) in [6.45, 7) is 3.29. The molecule has 0 spiro atoms. The van der Waals surface area contributed by atoms with Gasteiger partial charge in [0.25, 0.3) is 20.0 Å². The third kappa shape index (κ3) is 7.05. The first-order valence-electron chi connectivity index (χ1n) is 12.8. The number of sulfonamides is 2. The Morgan fingerprint density at radius 1 is 0.780 bits per heavy atom. The van der Waals surface area contributed by atoms with Gasteiger partial charge in [0.05, 0.1) is 22.6 Å². The molecule has 214 valence electrons. The van der Waals surface area contributed by atoms with E-state index in [-0.39, 0.29) is 9.79 Å². The van der Waals surface area contributed by atoms with Crippen LogP contribution < -0.4 is 19.1 Å². The minimum absolute atomic E-state index is 0.00762. The van der Waals surface area contributed by atoms with Gasteiger partial charge in [-0.05, 0) is 85.6 Å². The molecule has 0 atom stereocenters. The molecule has 4 aromatic carbocycles. The van der Waals surface area contributed by atoms with E-state index in [1.165, 1.54) is 43.5 Å². The largest absolute Gasteiger partial charge is 0.497 e. The summed E-state index contributed by atoms with van der Waals surface area (Å²) in [7, 11) is -6.44. The average Bonchev–Trinajstić information content (AvgIpc) is 2.96. The number of hydrogen-bond acceptors (Lipinski definition) is 6. The molecule has 9 nitrogen and oxygen atoms in total. The van der Waals surface area contributed by atoms with Crippen molar-refractivity contribution in [3.8, 4) is 5.75 Å². The lowest BCUT2D eigenvalue weighted by atomic mass is 10.1. The van der Waals surface area contributed by atoms with Crippen LogP contribution in [0.2, 0.25) is 0 Å². The number of amides is 1. The highest BCUT2D eigenvalue weighted by Crippen LogP contribution is 2.28. The van der Waals surface area contributed by atoms with Gasteiger partial charge in [0.15, 0.2) is 0 Å². The Kier molecular flexibility index (Phi) is 8.99. The summed E-state index contributed by atoms with van der Waals surface area (Å²) in [5, 5.41) is 2.68. The van der Waals surface area contributed by atoms with Crippen LogP contribution >= 0.6 is 0 Å². The maximum atomic E-state index is 13.7. The van der Waals surface area contributed by atoms with Crippen molar-refractivity contribution in [3.63, 3.8) is 0 Å². The number of nitrogens with one attached hydrogen (secondary N) is 2. The zero-order valence-corrected chi connectivity index (χ0v) is 24.5. The highest BCUT2D eigenvalue weighted by molar-refractivity contribution is 7.93. The van der Waals surface area contributed by atoms with Crippen molar-refractivity contribution >= 4 is 43.0 Å². The number of aryl methyl sites for hydroxylation is 2. The topological polar surface area (TPSA) is 122 Å². The lowest BCUT2D eigenvalue weighted by Crippen LogP contribution is -2.38. The number of hydrogen-bond donors (Lipinski definition) is 2. The molecule has 41 heavy (non-hydrogen) atoms. The molecular formula is C30H31N3O6S2. The van der Waals surface area contributed by atoms with E-state index in [1.54, 1.807) is 48.5 Å². The minimum atomic E-state index is -4.07. The fraction of sp³-hybridized carbons (Fsp3) is 0.167. The van der Waals surface area contributed by atoms with Crippen LogP contribution in [0.15, 0.2) is 107 Å². The summed E-state index contributed by atoms with van der Waals surface area (Å²) < 4.78 is 61.7. The molecule has 0 fully saturated rings. The molecule has 0 aliphatic carbocycles. The quantitative estimate of drug-likeness (QED) is 0.247. The monoisotopic (exact) mass is 593 g/mol. The fourth-order valence-corrected chi connectivity index (χ4v) is 6.63. The van der Waals surface area contributed by atoms with E-state index in [4.69, 9.17) is 4.74 Å². The van der Waals surface area contributed by atoms with Crippen LogP contribution in [0.3, 0.4) is 0 Å². The first kappa shape index (κ1) is 29.6. The van der Waals surface area contributed by atoms with Crippen LogP contribution in [0.4, 0.5) is 17.1 Å². The van der Waals surface area contributed by atoms with Gasteiger partial charge in [-0.3, -0.25) is 13.8 Å². The van der Waals surface area contributed by atoms with Crippen LogP contribution in [0.1, 0.15) is 18.1 Å². The number of carbonyl (C=O) groups is 1. The second-order valence-corrected chi connectivity index (χ2v) is 12.8. The van der Waals surface area contributed by atoms with E-state index >= 15 is 0 Å². The van der Waals surface area contributed by atoms with Crippen LogP contribution in [0.5, 0.6) is 5.75 Å². The summed E-state index contributed by atoms with van der Waals surface area (Å²) in [6.07, 6.45) is 0.568. The van der Waals surface area contributed by atoms with Crippen molar-refractivity contribution in [1.82, 2.24) is 0 Å². The molecular weight excluding hydrogens is 562 g/mol. The molecule has 0 radical (unpaired) electrons. The third-order valence-corrected chi connectivity index (χ3v) is 9.50. The summed E-state index contributed by atoms with van der Waals surface area (Å²) in [6, 6.07) is 25.5.